The van der Waals surface area contributed by atoms with Gasteiger partial charge in [0.1, 0.15) is 11.3 Å². The number of pyridine rings is 1. The fraction of sp³-hybridized carbons (Fsp3) is 0.143. The highest BCUT2D eigenvalue weighted by Crippen LogP contribution is 2.16. The molecule has 0 bridgehead atoms. The highest BCUT2D eigenvalue weighted by molar-refractivity contribution is 5.71. The van der Waals surface area contributed by atoms with Crippen LogP contribution in [0.4, 0.5) is 5.69 Å². The van der Waals surface area contributed by atoms with Crippen molar-refractivity contribution in [2.45, 2.75) is 6.42 Å². The summed E-state index contributed by atoms with van der Waals surface area (Å²) < 4.78 is 11.1. The maximum Gasteiger partial charge on any atom is 0.247 e. The van der Waals surface area contributed by atoms with Crippen molar-refractivity contribution in [2.24, 2.45) is 0 Å². The molecule has 5 nitrogen and oxygen atoms in total. The van der Waals surface area contributed by atoms with Crippen molar-refractivity contribution in [3.8, 4) is 5.75 Å². The minimum absolute atomic E-state index is 0.504. The van der Waals surface area contributed by atoms with E-state index in [0.29, 0.717) is 35.8 Å². The van der Waals surface area contributed by atoms with Crippen molar-refractivity contribution in [1.82, 2.24) is 9.97 Å². The molecule has 2 N–H and O–H groups in total. The van der Waals surface area contributed by atoms with Gasteiger partial charge in [-0.05, 0) is 18.2 Å². The van der Waals surface area contributed by atoms with Crippen LogP contribution in [0.5, 0.6) is 5.75 Å². The second-order valence-electron chi connectivity index (χ2n) is 4.11. The predicted molar refractivity (Wildman–Crippen MR) is 71.9 cm³/mol. The Morgan fingerprint density at radius 1 is 1.21 bits per heavy atom. The Balaban J connectivity index is 1.65. The Morgan fingerprint density at radius 2 is 2.05 bits per heavy atom. The van der Waals surface area contributed by atoms with Gasteiger partial charge in [0, 0.05) is 0 Å². The molecular weight excluding hydrogens is 242 g/mol. The van der Waals surface area contributed by atoms with Gasteiger partial charge in [-0.2, -0.15) is 0 Å². The first-order valence-electron chi connectivity index (χ1n) is 6.00. The monoisotopic (exact) mass is 255 g/mol. The van der Waals surface area contributed by atoms with Gasteiger partial charge in [-0.15, -0.1) is 0 Å². The molecule has 3 aromatic rings. The molecule has 96 valence electrons. The number of nitrogens with zero attached hydrogens (tertiary/aromatic N) is 2. The van der Waals surface area contributed by atoms with Gasteiger partial charge >= 0.3 is 0 Å². The molecule has 0 amide bonds. The summed E-state index contributed by atoms with van der Waals surface area (Å²) in [5.41, 5.74) is 7.40. The fourth-order valence-electron chi connectivity index (χ4n) is 1.76. The quantitative estimate of drug-likeness (QED) is 0.775. The molecule has 19 heavy (non-hydrogen) atoms. The summed E-state index contributed by atoms with van der Waals surface area (Å²) in [6.45, 7) is 0.506. The number of fused-ring (bicyclic) bond motifs is 1. The Bertz CT molecular complexity index is 679. The van der Waals surface area contributed by atoms with Crippen LogP contribution in [0.3, 0.4) is 0 Å². The molecule has 0 radical (unpaired) electrons. The minimum atomic E-state index is 0.504. The van der Waals surface area contributed by atoms with E-state index in [1.54, 1.807) is 12.3 Å². The number of benzene rings is 1. The average Bonchev–Trinajstić information content (AvgIpc) is 2.82. The highest BCUT2D eigenvalue weighted by atomic mass is 16.5. The number of rotatable bonds is 4. The van der Waals surface area contributed by atoms with Crippen molar-refractivity contribution in [1.29, 1.82) is 0 Å². The summed E-state index contributed by atoms with van der Waals surface area (Å²) in [5, 5.41) is 0. The molecule has 1 aromatic carbocycles. The third-order valence-electron chi connectivity index (χ3n) is 2.64. The minimum Gasteiger partial charge on any atom is -0.493 e. The van der Waals surface area contributed by atoms with Crippen LogP contribution in [0.15, 0.2) is 47.0 Å². The molecule has 0 aliphatic carbocycles. The maximum absolute atomic E-state index is 5.64. The van der Waals surface area contributed by atoms with Gasteiger partial charge < -0.3 is 14.9 Å². The fourth-order valence-corrected chi connectivity index (χ4v) is 1.76. The topological polar surface area (TPSA) is 74.2 Å². The maximum atomic E-state index is 5.64. The van der Waals surface area contributed by atoms with E-state index >= 15 is 0 Å². The molecule has 0 aliphatic rings. The van der Waals surface area contributed by atoms with Crippen LogP contribution in [0.1, 0.15) is 5.89 Å². The number of ether oxygens (including phenoxy) is 1. The highest BCUT2D eigenvalue weighted by Gasteiger charge is 2.07. The lowest BCUT2D eigenvalue weighted by molar-refractivity contribution is 0.308. The number of nitrogens with two attached hydrogens (primary N) is 1. The van der Waals surface area contributed by atoms with E-state index in [-0.39, 0.29) is 0 Å². The van der Waals surface area contributed by atoms with Gasteiger partial charge in [-0.25, -0.2) is 9.97 Å². The second kappa shape index (κ2) is 4.97. The standard InChI is InChI=1S/C14H13N3O2/c15-10-8-12-14(16-9-10)19-13(17-12)6-7-18-11-4-2-1-3-5-11/h1-5,8-9H,6-7,15H2. The third kappa shape index (κ3) is 2.65. The van der Waals surface area contributed by atoms with Crippen LogP contribution in [-0.4, -0.2) is 16.6 Å². The number of nitrogen functional groups attached to an aromatic ring is 1. The molecule has 5 heteroatoms. The number of aromatic nitrogens is 2. The van der Waals surface area contributed by atoms with Crippen LogP contribution in [0, 0.1) is 0 Å². The summed E-state index contributed by atoms with van der Waals surface area (Å²) in [7, 11) is 0. The molecule has 0 fully saturated rings. The van der Waals surface area contributed by atoms with Crippen molar-refractivity contribution in [3.05, 3.63) is 48.5 Å². The molecule has 2 heterocycles. The number of hydrogen-bond donors (Lipinski definition) is 1. The molecule has 3 rings (SSSR count). The van der Waals surface area contributed by atoms with Crippen LogP contribution >= 0.6 is 0 Å². The van der Waals surface area contributed by atoms with E-state index in [1.807, 2.05) is 30.3 Å². The summed E-state index contributed by atoms with van der Waals surface area (Å²) in [6.07, 6.45) is 2.14. The molecule has 0 unspecified atom stereocenters. The lowest BCUT2D eigenvalue weighted by atomic mass is 10.3. The van der Waals surface area contributed by atoms with Gasteiger partial charge in [-0.1, -0.05) is 18.2 Å². The first kappa shape index (κ1) is 11.5. The molecule has 0 atom stereocenters. The summed E-state index contributed by atoms with van der Waals surface area (Å²) in [4.78, 5) is 8.39. The van der Waals surface area contributed by atoms with E-state index in [4.69, 9.17) is 14.9 Å². The molecule has 2 aromatic heterocycles. The Morgan fingerprint density at radius 3 is 2.89 bits per heavy atom. The third-order valence-corrected chi connectivity index (χ3v) is 2.64. The molecule has 0 aliphatic heterocycles. The SMILES string of the molecule is Nc1cnc2oc(CCOc3ccccc3)nc2c1. The molecule has 0 spiro atoms. The summed E-state index contributed by atoms with van der Waals surface area (Å²) >= 11 is 0. The van der Waals surface area contributed by atoms with Crippen molar-refractivity contribution in [3.63, 3.8) is 0 Å². The van der Waals surface area contributed by atoms with Crippen molar-refractivity contribution < 1.29 is 9.15 Å². The smallest absolute Gasteiger partial charge is 0.247 e. The van der Waals surface area contributed by atoms with Crippen LogP contribution in [0.25, 0.3) is 11.2 Å². The van der Waals surface area contributed by atoms with Crippen LogP contribution < -0.4 is 10.5 Å². The van der Waals surface area contributed by atoms with E-state index < -0.39 is 0 Å². The largest absolute Gasteiger partial charge is 0.493 e. The van der Waals surface area contributed by atoms with E-state index in [0.717, 1.165) is 5.75 Å². The Kier molecular flexibility index (Phi) is 3.02. The first-order valence-corrected chi connectivity index (χ1v) is 6.00. The Hall–Kier alpha value is -2.56. The zero-order chi connectivity index (χ0) is 13.1. The number of oxazole rings is 1. The molecule has 0 saturated carbocycles. The van der Waals surface area contributed by atoms with Gasteiger partial charge in [0.05, 0.1) is 24.9 Å². The number of hydrogen-bond acceptors (Lipinski definition) is 5. The average molecular weight is 255 g/mol. The van der Waals surface area contributed by atoms with E-state index in [9.17, 15) is 0 Å². The normalized spacial score (nSPS) is 10.7. The number of para-hydroxylation sites is 1. The van der Waals surface area contributed by atoms with E-state index in [1.165, 1.54) is 0 Å². The zero-order valence-electron chi connectivity index (χ0n) is 10.2. The zero-order valence-corrected chi connectivity index (χ0v) is 10.2. The molecule has 0 saturated heterocycles. The lowest BCUT2D eigenvalue weighted by Crippen LogP contribution is -2.01. The van der Waals surface area contributed by atoms with Gasteiger partial charge in [-0.3, -0.25) is 0 Å². The first-order chi connectivity index (χ1) is 9.31. The van der Waals surface area contributed by atoms with Gasteiger partial charge in [0.15, 0.2) is 0 Å². The lowest BCUT2D eigenvalue weighted by Gasteiger charge is -2.03. The van der Waals surface area contributed by atoms with E-state index in [2.05, 4.69) is 9.97 Å². The number of anilines is 1. The summed E-state index contributed by atoms with van der Waals surface area (Å²) in [5.74, 6) is 1.44. The van der Waals surface area contributed by atoms with Crippen molar-refractivity contribution in [2.75, 3.05) is 12.3 Å². The second-order valence-corrected chi connectivity index (χ2v) is 4.11. The summed E-state index contributed by atoms with van der Waals surface area (Å²) in [6, 6.07) is 11.4. The molecular formula is C14H13N3O2. The predicted octanol–water partition coefficient (Wildman–Crippen LogP) is 2.43. The van der Waals surface area contributed by atoms with Gasteiger partial charge in [0.2, 0.25) is 11.6 Å². The van der Waals surface area contributed by atoms with Gasteiger partial charge in [0.25, 0.3) is 0 Å². The van der Waals surface area contributed by atoms with Crippen LogP contribution in [-0.2, 0) is 6.42 Å². The Labute approximate surface area is 110 Å². The van der Waals surface area contributed by atoms with Crippen LogP contribution in [0.2, 0.25) is 0 Å². The van der Waals surface area contributed by atoms with Crippen molar-refractivity contribution >= 4 is 16.9 Å².